The second-order valence-corrected chi connectivity index (χ2v) is 7.67. The van der Waals surface area contributed by atoms with Crippen LogP contribution in [-0.2, 0) is 11.3 Å². The largest absolute Gasteiger partial charge is 0.349 e. The number of thiazole rings is 1. The molecule has 1 amide bonds. The lowest BCUT2D eigenvalue weighted by Crippen LogP contribution is -2.26. The molecule has 2 aromatic rings. The number of aromatic nitrogens is 1. The SMILES string of the molecule is O=C(CSCCN1CCCC1)NCc1nc2ccccc2s1. The maximum atomic E-state index is 11.9. The van der Waals surface area contributed by atoms with Gasteiger partial charge < -0.3 is 10.2 Å². The molecule has 0 aliphatic carbocycles. The maximum Gasteiger partial charge on any atom is 0.230 e. The fourth-order valence-electron chi connectivity index (χ4n) is 2.59. The van der Waals surface area contributed by atoms with Gasteiger partial charge in [-0.3, -0.25) is 4.79 Å². The highest BCUT2D eigenvalue weighted by atomic mass is 32.2. The van der Waals surface area contributed by atoms with E-state index in [0.717, 1.165) is 22.8 Å². The zero-order valence-corrected chi connectivity index (χ0v) is 14.2. The van der Waals surface area contributed by atoms with Gasteiger partial charge in [0.2, 0.25) is 5.91 Å². The van der Waals surface area contributed by atoms with Crippen molar-refractivity contribution in [3.05, 3.63) is 29.3 Å². The first-order valence-electron chi connectivity index (χ1n) is 7.72. The van der Waals surface area contributed by atoms with Gasteiger partial charge in [-0.1, -0.05) is 12.1 Å². The molecule has 1 aromatic carbocycles. The number of nitrogens with one attached hydrogen (secondary N) is 1. The van der Waals surface area contributed by atoms with Crippen LogP contribution in [0.25, 0.3) is 10.2 Å². The molecule has 1 saturated heterocycles. The van der Waals surface area contributed by atoms with Crippen LogP contribution in [0.5, 0.6) is 0 Å². The summed E-state index contributed by atoms with van der Waals surface area (Å²) in [7, 11) is 0. The third-order valence-electron chi connectivity index (χ3n) is 3.76. The molecule has 22 heavy (non-hydrogen) atoms. The molecule has 118 valence electrons. The summed E-state index contributed by atoms with van der Waals surface area (Å²) in [4.78, 5) is 18.9. The summed E-state index contributed by atoms with van der Waals surface area (Å²) in [5, 5.41) is 3.93. The molecule has 0 bridgehead atoms. The number of carbonyl (C=O) groups is 1. The summed E-state index contributed by atoms with van der Waals surface area (Å²) in [6.45, 7) is 4.09. The monoisotopic (exact) mass is 335 g/mol. The van der Waals surface area contributed by atoms with Crippen molar-refractivity contribution in [2.24, 2.45) is 0 Å². The predicted molar refractivity (Wildman–Crippen MR) is 94.5 cm³/mol. The minimum Gasteiger partial charge on any atom is -0.349 e. The van der Waals surface area contributed by atoms with Crippen molar-refractivity contribution in [3.63, 3.8) is 0 Å². The van der Waals surface area contributed by atoms with E-state index < -0.39 is 0 Å². The zero-order chi connectivity index (χ0) is 15.2. The van der Waals surface area contributed by atoms with Crippen LogP contribution in [0.3, 0.4) is 0 Å². The van der Waals surface area contributed by atoms with E-state index in [4.69, 9.17) is 0 Å². The molecule has 0 spiro atoms. The van der Waals surface area contributed by atoms with Crippen LogP contribution in [-0.4, -0.2) is 46.9 Å². The van der Waals surface area contributed by atoms with Gasteiger partial charge in [-0.05, 0) is 38.1 Å². The smallest absolute Gasteiger partial charge is 0.230 e. The molecule has 4 nitrogen and oxygen atoms in total. The van der Waals surface area contributed by atoms with E-state index in [2.05, 4.69) is 21.3 Å². The molecule has 6 heteroatoms. The van der Waals surface area contributed by atoms with Crippen molar-refractivity contribution >= 4 is 39.2 Å². The van der Waals surface area contributed by atoms with Crippen molar-refractivity contribution in [2.75, 3.05) is 31.1 Å². The average Bonchev–Trinajstić information content (AvgIpc) is 3.18. The Bertz CT molecular complexity index is 590. The first-order valence-corrected chi connectivity index (χ1v) is 9.69. The summed E-state index contributed by atoms with van der Waals surface area (Å²) < 4.78 is 1.17. The fourth-order valence-corrected chi connectivity index (χ4v) is 4.31. The van der Waals surface area contributed by atoms with E-state index in [1.165, 1.54) is 30.6 Å². The number of fused-ring (bicyclic) bond motifs is 1. The fraction of sp³-hybridized carbons (Fsp3) is 0.500. The van der Waals surface area contributed by atoms with Gasteiger partial charge in [-0.2, -0.15) is 11.8 Å². The van der Waals surface area contributed by atoms with Gasteiger partial charge in [-0.25, -0.2) is 4.98 Å². The van der Waals surface area contributed by atoms with Gasteiger partial charge in [0.15, 0.2) is 0 Å². The van der Waals surface area contributed by atoms with E-state index in [9.17, 15) is 4.79 Å². The number of benzene rings is 1. The molecule has 0 saturated carbocycles. The number of amides is 1. The number of carbonyl (C=O) groups excluding carboxylic acids is 1. The summed E-state index contributed by atoms with van der Waals surface area (Å²) in [6.07, 6.45) is 2.65. The van der Waals surface area contributed by atoms with Crippen LogP contribution in [0.15, 0.2) is 24.3 Å². The molecule has 2 heterocycles. The third-order valence-corrected chi connectivity index (χ3v) is 5.73. The van der Waals surface area contributed by atoms with Gasteiger partial charge in [0.05, 0.1) is 22.5 Å². The lowest BCUT2D eigenvalue weighted by molar-refractivity contribution is -0.118. The number of para-hydroxylation sites is 1. The second-order valence-electron chi connectivity index (χ2n) is 5.45. The van der Waals surface area contributed by atoms with Crippen molar-refractivity contribution < 1.29 is 4.79 Å². The number of hydrogen-bond acceptors (Lipinski definition) is 5. The Morgan fingerprint density at radius 2 is 2.14 bits per heavy atom. The van der Waals surface area contributed by atoms with Crippen LogP contribution in [0.2, 0.25) is 0 Å². The number of likely N-dealkylation sites (tertiary alicyclic amines) is 1. The van der Waals surface area contributed by atoms with E-state index in [1.807, 2.05) is 18.2 Å². The van der Waals surface area contributed by atoms with E-state index in [-0.39, 0.29) is 5.91 Å². The molecule has 0 radical (unpaired) electrons. The molecule has 3 rings (SSSR count). The molecular formula is C16H21N3OS2. The number of thioether (sulfide) groups is 1. The zero-order valence-electron chi connectivity index (χ0n) is 12.6. The van der Waals surface area contributed by atoms with Gasteiger partial charge in [-0.15, -0.1) is 11.3 Å². The quantitative estimate of drug-likeness (QED) is 0.790. The van der Waals surface area contributed by atoms with Crippen LogP contribution in [0.1, 0.15) is 17.8 Å². The number of rotatable bonds is 7. The lowest BCUT2D eigenvalue weighted by Gasteiger charge is -2.13. The Kier molecular flexibility index (Phi) is 5.70. The van der Waals surface area contributed by atoms with E-state index >= 15 is 0 Å². The highest BCUT2D eigenvalue weighted by Crippen LogP contribution is 2.21. The van der Waals surface area contributed by atoms with Crippen molar-refractivity contribution in [1.29, 1.82) is 0 Å². The Hall–Kier alpha value is -1.11. The molecule has 1 N–H and O–H groups in total. The van der Waals surface area contributed by atoms with Gasteiger partial charge in [0.1, 0.15) is 5.01 Å². The molecular weight excluding hydrogens is 314 g/mol. The first kappa shape index (κ1) is 15.8. The maximum absolute atomic E-state index is 11.9. The minimum atomic E-state index is 0.102. The Morgan fingerprint density at radius 3 is 2.95 bits per heavy atom. The van der Waals surface area contributed by atoms with E-state index in [1.54, 1.807) is 23.1 Å². The first-order chi connectivity index (χ1) is 10.8. The third kappa shape index (κ3) is 4.44. The topological polar surface area (TPSA) is 45.2 Å². The number of hydrogen-bond donors (Lipinski definition) is 1. The van der Waals surface area contributed by atoms with Crippen molar-refractivity contribution in [1.82, 2.24) is 15.2 Å². The van der Waals surface area contributed by atoms with Gasteiger partial charge in [0, 0.05) is 12.3 Å². The Balaban J connectivity index is 1.35. The average molecular weight is 335 g/mol. The van der Waals surface area contributed by atoms with Crippen LogP contribution in [0, 0.1) is 0 Å². The van der Waals surface area contributed by atoms with Gasteiger partial charge in [0.25, 0.3) is 0 Å². The van der Waals surface area contributed by atoms with Gasteiger partial charge >= 0.3 is 0 Å². The molecule has 0 unspecified atom stereocenters. The van der Waals surface area contributed by atoms with Crippen LogP contribution in [0.4, 0.5) is 0 Å². The summed E-state index contributed by atoms with van der Waals surface area (Å²) in [5.41, 5.74) is 1.01. The van der Waals surface area contributed by atoms with Crippen molar-refractivity contribution in [3.8, 4) is 0 Å². The number of nitrogens with zero attached hydrogens (tertiary/aromatic N) is 2. The summed E-state index contributed by atoms with van der Waals surface area (Å²) in [5.74, 6) is 1.68. The molecule has 1 aliphatic rings. The standard InChI is InChI=1S/C16H21N3OS2/c20-15(12-21-10-9-19-7-3-4-8-19)17-11-16-18-13-5-1-2-6-14(13)22-16/h1-2,5-6H,3-4,7-12H2,(H,17,20). The molecule has 1 aliphatic heterocycles. The minimum absolute atomic E-state index is 0.102. The Morgan fingerprint density at radius 1 is 1.32 bits per heavy atom. The highest BCUT2D eigenvalue weighted by molar-refractivity contribution is 7.99. The molecule has 0 atom stereocenters. The second kappa shape index (κ2) is 7.94. The predicted octanol–water partition coefficient (Wildman–Crippen LogP) is 2.74. The molecule has 1 aromatic heterocycles. The van der Waals surface area contributed by atoms with Crippen LogP contribution < -0.4 is 5.32 Å². The highest BCUT2D eigenvalue weighted by Gasteiger charge is 2.11. The van der Waals surface area contributed by atoms with Crippen LogP contribution >= 0.6 is 23.1 Å². The van der Waals surface area contributed by atoms with E-state index in [0.29, 0.717) is 12.3 Å². The van der Waals surface area contributed by atoms with Crippen molar-refractivity contribution in [2.45, 2.75) is 19.4 Å². The summed E-state index contributed by atoms with van der Waals surface area (Å²) in [6, 6.07) is 8.07. The molecule has 1 fully saturated rings. The Labute approximate surface area is 139 Å². The normalized spacial score (nSPS) is 15.5. The lowest BCUT2D eigenvalue weighted by atomic mass is 10.3. The summed E-state index contributed by atoms with van der Waals surface area (Å²) >= 11 is 3.36.